The van der Waals surface area contributed by atoms with Gasteiger partial charge in [-0.1, -0.05) is 29.8 Å². The van der Waals surface area contributed by atoms with Gasteiger partial charge in [0, 0.05) is 38.4 Å². The van der Waals surface area contributed by atoms with E-state index in [1.807, 2.05) is 47.9 Å². The number of hydrogen-bond acceptors (Lipinski definition) is 5. The van der Waals surface area contributed by atoms with Gasteiger partial charge in [-0.15, -0.1) is 4.40 Å². The number of carbonyl (C=O) groups excluding carboxylic acids is 1. The Morgan fingerprint density at radius 3 is 2.52 bits per heavy atom. The Labute approximate surface area is 172 Å². The van der Waals surface area contributed by atoms with Gasteiger partial charge in [0.1, 0.15) is 16.8 Å². The topological polar surface area (TPSA) is 79.3 Å². The quantitative estimate of drug-likeness (QED) is 0.737. The van der Waals surface area contributed by atoms with Crippen molar-refractivity contribution >= 4 is 26.7 Å². The molecule has 1 aromatic rings. The number of rotatable bonds is 2. The van der Waals surface area contributed by atoms with Crippen molar-refractivity contribution in [3.8, 4) is 0 Å². The maximum atomic E-state index is 12.8. The van der Waals surface area contributed by atoms with Gasteiger partial charge in [-0.3, -0.25) is 4.79 Å². The van der Waals surface area contributed by atoms with Crippen molar-refractivity contribution in [3.05, 3.63) is 41.0 Å². The summed E-state index contributed by atoms with van der Waals surface area (Å²) in [6, 6.07) is 7.47. The second-order valence-corrected chi connectivity index (χ2v) is 9.42. The lowest BCUT2D eigenvalue weighted by atomic mass is 10.1. The van der Waals surface area contributed by atoms with Crippen LogP contribution in [0.1, 0.15) is 37.3 Å². The summed E-state index contributed by atoms with van der Waals surface area (Å²) in [4.78, 5) is 16.8. The van der Waals surface area contributed by atoms with Crippen molar-refractivity contribution in [1.82, 2.24) is 9.80 Å². The van der Waals surface area contributed by atoms with Gasteiger partial charge in [0.2, 0.25) is 0 Å². The maximum absolute atomic E-state index is 12.8. The van der Waals surface area contributed by atoms with Crippen LogP contribution < -0.4 is 0 Å². The third-order valence-electron chi connectivity index (χ3n) is 5.77. The van der Waals surface area contributed by atoms with Gasteiger partial charge >= 0.3 is 0 Å². The molecule has 7 nitrogen and oxygen atoms in total. The van der Waals surface area contributed by atoms with Gasteiger partial charge in [0.05, 0.1) is 0 Å². The van der Waals surface area contributed by atoms with Crippen LogP contribution in [0.4, 0.5) is 0 Å². The molecule has 0 aromatic heterocycles. The minimum absolute atomic E-state index is 0.0536. The molecule has 0 bridgehead atoms. The summed E-state index contributed by atoms with van der Waals surface area (Å²) < 4.78 is 35.2. The molecule has 0 N–H and O–H groups in total. The number of ether oxygens (including phenoxy) is 1. The van der Waals surface area contributed by atoms with Crippen LogP contribution in [0.25, 0.3) is 4.91 Å². The Kier molecular flexibility index (Phi) is 5.48. The molecule has 1 amide bonds. The van der Waals surface area contributed by atoms with Crippen LogP contribution >= 0.6 is 0 Å². The van der Waals surface area contributed by atoms with Crippen molar-refractivity contribution in [2.24, 2.45) is 4.40 Å². The van der Waals surface area contributed by atoms with Crippen molar-refractivity contribution in [3.63, 3.8) is 0 Å². The molecule has 156 valence electrons. The first kappa shape index (κ1) is 20.1. The summed E-state index contributed by atoms with van der Waals surface area (Å²) in [6.45, 7) is 6.87. The number of nitrogens with zero attached hydrogens (tertiary/aromatic N) is 3. The summed E-state index contributed by atoms with van der Waals surface area (Å²) in [6.07, 6.45) is 2.16. The maximum Gasteiger partial charge on any atom is 0.285 e. The predicted octanol–water partition coefficient (Wildman–Crippen LogP) is 2.18. The van der Waals surface area contributed by atoms with E-state index in [-0.39, 0.29) is 16.9 Å². The fourth-order valence-corrected chi connectivity index (χ4v) is 5.70. The molecule has 0 spiro atoms. The zero-order valence-electron chi connectivity index (χ0n) is 16.9. The molecule has 3 aliphatic rings. The lowest BCUT2D eigenvalue weighted by Crippen LogP contribution is -2.41. The summed E-state index contributed by atoms with van der Waals surface area (Å²) in [5.41, 5.74) is 2.41. The fourth-order valence-electron chi connectivity index (χ4n) is 4.21. The monoisotopic (exact) mass is 417 g/mol. The zero-order chi connectivity index (χ0) is 20.6. The lowest BCUT2D eigenvalue weighted by molar-refractivity contribution is -0.140. The van der Waals surface area contributed by atoms with Crippen LogP contribution in [0, 0.1) is 6.92 Å². The molecule has 2 saturated heterocycles. The van der Waals surface area contributed by atoms with Gasteiger partial charge in [-0.25, -0.2) is 0 Å². The average Bonchev–Trinajstić information content (AvgIpc) is 3.21. The van der Waals surface area contributed by atoms with Crippen LogP contribution in [0.5, 0.6) is 0 Å². The summed E-state index contributed by atoms with van der Waals surface area (Å²) in [7, 11) is -3.73. The molecule has 1 atom stereocenters. The molecule has 4 rings (SSSR count). The number of hydrogen-bond donors (Lipinski definition) is 0. The SMILES string of the molecule is CC1=C(c2ccc(C)cc2)S(=O)(=O)N=C1N1CCCN(C(=O)C2CCCO2)CC1. The summed E-state index contributed by atoms with van der Waals surface area (Å²) in [5.74, 6) is 0.560. The van der Waals surface area contributed by atoms with Gasteiger partial charge in [0.15, 0.2) is 0 Å². The van der Waals surface area contributed by atoms with E-state index in [0.717, 1.165) is 24.8 Å². The second kappa shape index (κ2) is 7.91. The normalized spacial score (nSPS) is 24.6. The second-order valence-electron chi connectivity index (χ2n) is 7.88. The Hall–Kier alpha value is -2.19. The molecule has 1 aromatic carbocycles. The number of carbonyl (C=O) groups is 1. The predicted molar refractivity (Wildman–Crippen MR) is 112 cm³/mol. The van der Waals surface area contributed by atoms with Crippen molar-refractivity contribution < 1.29 is 17.9 Å². The highest BCUT2D eigenvalue weighted by atomic mass is 32.2. The fraction of sp³-hybridized carbons (Fsp3) is 0.524. The van der Waals surface area contributed by atoms with E-state index >= 15 is 0 Å². The molecule has 0 radical (unpaired) electrons. The van der Waals surface area contributed by atoms with E-state index in [1.165, 1.54) is 0 Å². The van der Waals surface area contributed by atoms with Crippen LogP contribution in [-0.4, -0.2) is 68.9 Å². The van der Waals surface area contributed by atoms with E-state index in [2.05, 4.69) is 4.40 Å². The van der Waals surface area contributed by atoms with Crippen LogP contribution in [0.3, 0.4) is 0 Å². The van der Waals surface area contributed by atoms with E-state index in [1.54, 1.807) is 0 Å². The molecule has 0 saturated carbocycles. The molecule has 3 heterocycles. The van der Waals surface area contributed by atoms with Crippen molar-refractivity contribution in [2.75, 3.05) is 32.8 Å². The Morgan fingerprint density at radius 1 is 1.07 bits per heavy atom. The highest BCUT2D eigenvalue weighted by Crippen LogP contribution is 2.34. The molecule has 29 heavy (non-hydrogen) atoms. The Morgan fingerprint density at radius 2 is 1.83 bits per heavy atom. The van der Waals surface area contributed by atoms with Gasteiger partial charge < -0.3 is 14.5 Å². The molecule has 2 fully saturated rings. The highest BCUT2D eigenvalue weighted by Gasteiger charge is 2.35. The first-order chi connectivity index (χ1) is 13.9. The van der Waals surface area contributed by atoms with E-state index < -0.39 is 10.0 Å². The van der Waals surface area contributed by atoms with E-state index in [4.69, 9.17) is 4.74 Å². The van der Waals surface area contributed by atoms with Crippen molar-refractivity contribution in [1.29, 1.82) is 0 Å². The van der Waals surface area contributed by atoms with Gasteiger partial charge in [-0.2, -0.15) is 8.42 Å². The van der Waals surface area contributed by atoms with Crippen LogP contribution in [0.15, 0.2) is 34.2 Å². The Bertz CT molecular complexity index is 960. The lowest BCUT2D eigenvalue weighted by Gasteiger charge is -2.25. The van der Waals surface area contributed by atoms with Gasteiger partial charge in [-0.05, 0) is 38.7 Å². The third kappa shape index (κ3) is 3.96. The number of benzene rings is 1. The van der Waals surface area contributed by atoms with E-state index in [0.29, 0.717) is 49.8 Å². The highest BCUT2D eigenvalue weighted by molar-refractivity contribution is 8.00. The number of amides is 1. The average molecular weight is 418 g/mol. The smallest absolute Gasteiger partial charge is 0.285 e. The molecular formula is C21H27N3O4S. The van der Waals surface area contributed by atoms with Crippen molar-refractivity contribution in [2.45, 2.75) is 39.2 Å². The number of aryl methyl sites for hydroxylation is 1. The zero-order valence-corrected chi connectivity index (χ0v) is 17.7. The number of sulfonamides is 1. The number of amidine groups is 1. The first-order valence-electron chi connectivity index (χ1n) is 10.2. The van der Waals surface area contributed by atoms with Crippen LogP contribution in [0.2, 0.25) is 0 Å². The molecular weight excluding hydrogens is 390 g/mol. The molecule has 8 heteroatoms. The summed E-state index contributed by atoms with van der Waals surface area (Å²) >= 11 is 0. The molecule has 0 aliphatic carbocycles. The third-order valence-corrected chi connectivity index (χ3v) is 7.24. The van der Waals surface area contributed by atoms with Crippen LogP contribution in [-0.2, 0) is 19.6 Å². The molecule has 1 unspecified atom stereocenters. The molecule has 3 aliphatic heterocycles. The summed E-state index contributed by atoms with van der Waals surface area (Å²) in [5, 5.41) is 0. The van der Waals surface area contributed by atoms with Gasteiger partial charge in [0.25, 0.3) is 15.9 Å². The Balaban J connectivity index is 1.53. The standard InChI is InChI=1S/C21H27N3O4S/c1-15-6-8-17(9-7-15)19-16(2)20(22-29(19,26)27)23-10-4-11-24(13-12-23)21(25)18-5-3-14-28-18/h6-9,18H,3-5,10-14H2,1-2H3. The first-order valence-corrected chi connectivity index (χ1v) is 11.6. The largest absolute Gasteiger partial charge is 0.368 e. The minimum Gasteiger partial charge on any atom is -0.368 e. The minimum atomic E-state index is -3.73. The van der Waals surface area contributed by atoms with E-state index in [9.17, 15) is 13.2 Å².